The Hall–Kier alpha value is -1.56. The minimum atomic E-state index is -0.976. The molecule has 6 nitrogen and oxygen atoms in total. The van der Waals surface area contributed by atoms with Crippen LogP contribution in [0.1, 0.15) is 18.7 Å². The van der Waals surface area contributed by atoms with Crippen LogP contribution >= 0.6 is 11.6 Å². The van der Waals surface area contributed by atoms with E-state index in [1.54, 1.807) is 11.6 Å². The monoisotopic (exact) mass is 257 g/mol. The molecule has 1 unspecified atom stereocenters. The predicted molar refractivity (Wildman–Crippen MR) is 59.4 cm³/mol. The summed E-state index contributed by atoms with van der Waals surface area (Å²) in [6.45, 7) is 0.180. The molecule has 7 heteroatoms. The van der Waals surface area contributed by atoms with Crippen LogP contribution in [0.2, 0.25) is 5.15 Å². The Morgan fingerprint density at radius 3 is 2.94 bits per heavy atom. The summed E-state index contributed by atoms with van der Waals surface area (Å²) in [7, 11) is 1.72. The Kier molecular flexibility index (Phi) is 3.06. The second kappa shape index (κ2) is 4.37. The number of nitrogens with zero attached hydrogens (tertiary/aromatic N) is 3. The molecule has 2 rings (SSSR count). The summed E-state index contributed by atoms with van der Waals surface area (Å²) >= 11 is 5.83. The lowest BCUT2D eigenvalue weighted by atomic mass is 10.2. The highest BCUT2D eigenvalue weighted by Gasteiger charge is 2.36. The van der Waals surface area contributed by atoms with Crippen LogP contribution in [0, 0.1) is 0 Å². The number of carbonyl (C=O) groups excluding carboxylic acids is 1. The van der Waals surface area contributed by atoms with Gasteiger partial charge in [-0.15, -0.1) is 0 Å². The number of carboxylic acids is 1. The summed E-state index contributed by atoms with van der Waals surface area (Å²) in [6, 6.07) is -0.752. The van der Waals surface area contributed by atoms with Gasteiger partial charge in [-0.1, -0.05) is 11.6 Å². The summed E-state index contributed by atoms with van der Waals surface area (Å²) in [5.74, 6) is -0.552. The molecule has 1 amide bonds. The van der Waals surface area contributed by atoms with Gasteiger partial charge in [0, 0.05) is 13.5 Å². The first-order valence-corrected chi connectivity index (χ1v) is 5.57. The zero-order valence-corrected chi connectivity index (χ0v) is 10.0. The molecule has 0 spiro atoms. The highest BCUT2D eigenvalue weighted by Crippen LogP contribution is 2.22. The number of carbonyl (C=O) groups is 2. The molecule has 0 saturated carbocycles. The van der Waals surface area contributed by atoms with Gasteiger partial charge in [-0.05, 0) is 6.42 Å². The molecule has 17 heavy (non-hydrogen) atoms. The molecular weight excluding hydrogens is 246 g/mol. The van der Waals surface area contributed by atoms with Crippen LogP contribution in [0.4, 0.5) is 0 Å². The van der Waals surface area contributed by atoms with Gasteiger partial charge in [0.15, 0.2) is 0 Å². The van der Waals surface area contributed by atoms with Gasteiger partial charge >= 0.3 is 5.97 Å². The normalized spacial score (nSPS) is 20.0. The number of hydrogen-bond donors (Lipinski definition) is 1. The van der Waals surface area contributed by atoms with Crippen molar-refractivity contribution in [3.8, 4) is 0 Å². The van der Waals surface area contributed by atoms with Crippen molar-refractivity contribution in [3.05, 3.63) is 17.2 Å². The van der Waals surface area contributed by atoms with Crippen molar-refractivity contribution >= 4 is 23.5 Å². The van der Waals surface area contributed by atoms with Gasteiger partial charge in [0.1, 0.15) is 17.0 Å². The fourth-order valence-electron chi connectivity index (χ4n) is 1.91. The molecule has 2 heterocycles. The molecule has 1 aliphatic rings. The fraction of sp³-hybridized carbons (Fsp3) is 0.500. The van der Waals surface area contributed by atoms with Crippen LogP contribution < -0.4 is 0 Å². The van der Waals surface area contributed by atoms with E-state index in [9.17, 15) is 9.59 Å². The lowest BCUT2D eigenvalue weighted by Gasteiger charge is -2.21. The molecule has 1 aromatic heterocycles. The number of halogens is 1. The maximum atomic E-state index is 11.6. The van der Waals surface area contributed by atoms with Crippen molar-refractivity contribution in [2.75, 3.05) is 0 Å². The van der Waals surface area contributed by atoms with E-state index in [0.717, 1.165) is 0 Å². The molecule has 0 bridgehead atoms. The fourth-order valence-corrected chi connectivity index (χ4v) is 2.06. The number of aromatic nitrogens is 2. The summed E-state index contributed by atoms with van der Waals surface area (Å²) in [5.41, 5.74) is 0. The molecular formula is C10H12ClN3O3. The number of likely N-dealkylation sites (tertiary alicyclic amines) is 1. The van der Waals surface area contributed by atoms with Crippen molar-refractivity contribution in [2.24, 2.45) is 7.05 Å². The highest BCUT2D eigenvalue weighted by atomic mass is 35.5. The van der Waals surface area contributed by atoms with Gasteiger partial charge in [-0.3, -0.25) is 4.79 Å². The second-order valence-corrected chi connectivity index (χ2v) is 4.36. The molecule has 1 saturated heterocycles. The Morgan fingerprint density at radius 1 is 1.71 bits per heavy atom. The zero-order chi connectivity index (χ0) is 12.6. The lowest BCUT2D eigenvalue weighted by molar-refractivity contribution is -0.146. The number of imidazole rings is 1. The van der Waals surface area contributed by atoms with Crippen molar-refractivity contribution in [2.45, 2.75) is 25.4 Å². The van der Waals surface area contributed by atoms with E-state index in [-0.39, 0.29) is 18.9 Å². The van der Waals surface area contributed by atoms with Crippen LogP contribution in [0.5, 0.6) is 0 Å². The third kappa shape index (κ3) is 2.12. The van der Waals surface area contributed by atoms with Gasteiger partial charge in [-0.25, -0.2) is 9.78 Å². The molecule has 0 aliphatic carbocycles. The molecule has 0 aromatic carbocycles. The molecule has 1 aliphatic heterocycles. The smallest absolute Gasteiger partial charge is 0.326 e. The largest absolute Gasteiger partial charge is 0.480 e. The van der Waals surface area contributed by atoms with E-state index < -0.39 is 12.0 Å². The molecule has 1 fully saturated rings. The van der Waals surface area contributed by atoms with Crippen LogP contribution in [-0.4, -0.2) is 37.5 Å². The number of hydrogen-bond acceptors (Lipinski definition) is 3. The van der Waals surface area contributed by atoms with Gasteiger partial charge in [0.25, 0.3) is 0 Å². The Balaban J connectivity index is 2.19. The van der Waals surface area contributed by atoms with E-state index in [1.165, 1.54) is 11.1 Å². The molecule has 92 valence electrons. The van der Waals surface area contributed by atoms with Crippen molar-refractivity contribution in [1.29, 1.82) is 0 Å². The van der Waals surface area contributed by atoms with Gasteiger partial charge in [0.2, 0.25) is 5.91 Å². The third-order valence-electron chi connectivity index (χ3n) is 2.95. The highest BCUT2D eigenvalue weighted by molar-refractivity contribution is 6.29. The Labute approximate surface area is 103 Å². The van der Waals surface area contributed by atoms with Crippen LogP contribution in [0.3, 0.4) is 0 Å². The Bertz CT molecular complexity index is 471. The van der Waals surface area contributed by atoms with Crippen LogP contribution in [0.15, 0.2) is 6.20 Å². The van der Waals surface area contributed by atoms with E-state index >= 15 is 0 Å². The molecule has 1 atom stereocenters. The van der Waals surface area contributed by atoms with Gasteiger partial charge in [-0.2, -0.15) is 0 Å². The van der Waals surface area contributed by atoms with Gasteiger partial charge in [0.05, 0.1) is 12.7 Å². The SMILES string of the molecule is Cn1c(Cl)cnc1CN1C(=O)CCC1C(=O)O. The Morgan fingerprint density at radius 2 is 2.41 bits per heavy atom. The molecule has 1 aromatic rings. The molecule has 0 radical (unpaired) electrons. The van der Waals surface area contributed by atoms with Crippen molar-refractivity contribution < 1.29 is 14.7 Å². The quantitative estimate of drug-likeness (QED) is 0.863. The maximum Gasteiger partial charge on any atom is 0.326 e. The number of carboxylic acid groups (broad SMARTS) is 1. The summed E-state index contributed by atoms with van der Waals surface area (Å²) in [6.07, 6.45) is 2.11. The van der Waals surface area contributed by atoms with Crippen LogP contribution in [0.25, 0.3) is 0 Å². The maximum absolute atomic E-state index is 11.6. The van der Waals surface area contributed by atoms with Crippen molar-refractivity contribution in [3.63, 3.8) is 0 Å². The first-order valence-electron chi connectivity index (χ1n) is 5.19. The van der Waals surface area contributed by atoms with Gasteiger partial charge < -0.3 is 14.6 Å². The standard InChI is InChI=1S/C10H12ClN3O3/c1-13-7(11)4-12-8(13)5-14-6(10(16)17)2-3-9(14)15/h4,6H,2-3,5H2,1H3,(H,16,17). The number of rotatable bonds is 3. The number of aliphatic carboxylic acids is 1. The summed E-state index contributed by atoms with van der Waals surface area (Å²) < 4.78 is 1.63. The first-order chi connectivity index (χ1) is 8.00. The predicted octanol–water partition coefficient (Wildman–Crippen LogP) is 0.649. The summed E-state index contributed by atoms with van der Waals surface area (Å²) in [5, 5.41) is 9.46. The minimum Gasteiger partial charge on any atom is -0.480 e. The summed E-state index contributed by atoms with van der Waals surface area (Å²) in [4.78, 5) is 28.0. The minimum absolute atomic E-state index is 0.156. The van der Waals surface area contributed by atoms with E-state index in [1.807, 2.05) is 0 Å². The topological polar surface area (TPSA) is 75.4 Å². The lowest BCUT2D eigenvalue weighted by Crippen LogP contribution is -2.38. The van der Waals surface area contributed by atoms with Crippen LogP contribution in [-0.2, 0) is 23.2 Å². The van der Waals surface area contributed by atoms with E-state index in [2.05, 4.69) is 4.98 Å². The zero-order valence-electron chi connectivity index (χ0n) is 9.26. The van der Waals surface area contributed by atoms with Crippen molar-refractivity contribution in [1.82, 2.24) is 14.5 Å². The van der Waals surface area contributed by atoms with E-state index in [4.69, 9.17) is 16.7 Å². The van der Waals surface area contributed by atoms with E-state index in [0.29, 0.717) is 17.4 Å². The third-order valence-corrected chi connectivity index (χ3v) is 3.30. The molecule has 1 N–H and O–H groups in total. The number of amides is 1. The average Bonchev–Trinajstić information content (AvgIpc) is 2.78. The second-order valence-electron chi connectivity index (χ2n) is 3.97. The average molecular weight is 258 g/mol. The first kappa shape index (κ1) is 11.9.